The van der Waals surface area contributed by atoms with Crippen molar-refractivity contribution in [1.82, 2.24) is 34.3 Å². The predicted octanol–water partition coefficient (Wildman–Crippen LogP) is 2.82. The molecule has 1 atom stereocenters. The van der Waals surface area contributed by atoms with Gasteiger partial charge in [-0.2, -0.15) is 10.2 Å². The first-order chi connectivity index (χ1) is 14.4. The van der Waals surface area contributed by atoms with E-state index in [1.54, 1.807) is 11.2 Å². The number of carbonyl (C=O) groups excluding carboxylic acids is 1. The van der Waals surface area contributed by atoms with Crippen molar-refractivity contribution in [2.75, 3.05) is 6.54 Å². The minimum Gasteiger partial charge on any atom is -0.348 e. The number of halogens is 2. The van der Waals surface area contributed by atoms with E-state index in [0.29, 0.717) is 24.4 Å². The molecule has 5 heterocycles. The Balaban J connectivity index is 1.62. The van der Waals surface area contributed by atoms with Crippen LogP contribution >= 0.6 is 0 Å². The summed E-state index contributed by atoms with van der Waals surface area (Å²) < 4.78 is 29.2. The highest BCUT2D eigenvalue weighted by molar-refractivity contribution is 5.93. The second-order valence-corrected chi connectivity index (χ2v) is 7.37. The summed E-state index contributed by atoms with van der Waals surface area (Å²) in [5.41, 5.74) is 3.88. The molecule has 0 bridgehead atoms. The van der Waals surface area contributed by atoms with E-state index >= 15 is 0 Å². The molecule has 1 aliphatic heterocycles. The maximum Gasteiger partial charge on any atom is 0.282 e. The summed E-state index contributed by atoms with van der Waals surface area (Å²) in [5, 5.41) is 8.51. The summed E-state index contributed by atoms with van der Waals surface area (Å²) in [6, 6.07) is 8.39. The van der Waals surface area contributed by atoms with Gasteiger partial charge in [0.1, 0.15) is 17.4 Å². The highest BCUT2D eigenvalue weighted by Gasteiger charge is 2.37. The van der Waals surface area contributed by atoms with E-state index in [2.05, 4.69) is 15.1 Å². The van der Waals surface area contributed by atoms with E-state index in [-0.39, 0.29) is 11.6 Å². The monoisotopic (exact) mass is 411 g/mol. The van der Waals surface area contributed by atoms with Gasteiger partial charge >= 0.3 is 0 Å². The Morgan fingerprint density at radius 1 is 1.27 bits per heavy atom. The SMILES string of the molecule is Cc1cccc2cc([C@@H]3c4nc[nH]c4CCN3C(=O)c3cc(C(F)F)nn3C)nn12. The first kappa shape index (κ1) is 18.5. The number of hydrogen-bond acceptors (Lipinski definition) is 4. The molecule has 0 saturated carbocycles. The Morgan fingerprint density at radius 2 is 2.10 bits per heavy atom. The second kappa shape index (κ2) is 6.75. The van der Waals surface area contributed by atoms with E-state index in [4.69, 9.17) is 5.10 Å². The smallest absolute Gasteiger partial charge is 0.282 e. The molecule has 30 heavy (non-hydrogen) atoms. The van der Waals surface area contributed by atoms with E-state index < -0.39 is 18.2 Å². The minimum atomic E-state index is -2.74. The minimum absolute atomic E-state index is 0.106. The number of aromatic nitrogens is 6. The van der Waals surface area contributed by atoms with Crippen LogP contribution in [-0.4, -0.2) is 46.7 Å². The topological polar surface area (TPSA) is 84.1 Å². The fraction of sp³-hybridized carbons (Fsp3) is 0.300. The number of nitrogens with one attached hydrogen (secondary N) is 1. The van der Waals surface area contributed by atoms with Crippen molar-refractivity contribution >= 4 is 11.4 Å². The van der Waals surface area contributed by atoms with E-state index in [0.717, 1.165) is 23.0 Å². The summed E-state index contributed by atoms with van der Waals surface area (Å²) in [5.74, 6) is -0.385. The number of aryl methyl sites for hydroxylation is 2. The first-order valence-electron chi connectivity index (χ1n) is 9.54. The van der Waals surface area contributed by atoms with Crippen molar-refractivity contribution in [3.8, 4) is 0 Å². The lowest BCUT2D eigenvalue weighted by Crippen LogP contribution is -2.41. The predicted molar refractivity (Wildman–Crippen MR) is 103 cm³/mol. The number of carbonyl (C=O) groups is 1. The lowest BCUT2D eigenvalue weighted by Gasteiger charge is -2.33. The molecule has 1 N–H and O–H groups in total. The van der Waals surface area contributed by atoms with Crippen molar-refractivity contribution in [3.63, 3.8) is 0 Å². The Kier molecular flexibility index (Phi) is 4.16. The molecular formula is C20H19F2N7O. The number of alkyl halides is 2. The lowest BCUT2D eigenvalue weighted by molar-refractivity contribution is 0.0675. The summed E-state index contributed by atoms with van der Waals surface area (Å²) >= 11 is 0. The number of aromatic amines is 1. The summed E-state index contributed by atoms with van der Waals surface area (Å²) in [4.78, 5) is 22.6. The molecular weight excluding hydrogens is 392 g/mol. The van der Waals surface area contributed by atoms with Gasteiger partial charge in [0.2, 0.25) is 0 Å². The van der Waals surface area contributed by atoms with Crippen LogP contribution in [0.4, 0.5) is 8.78 Å². The van der Waals surface area contributed by atoms with Gasteiger partial charge in [-0.05, 0) is 31.2 Å². The van der Waals surface area contributed by atoms with Gasteiger partial charge in [0.25, 0.3) is 12.3 Å². The summed E-state index contributed by atoms with van der Waals surface area (Å²) in [6.45, 7) is 2.36. The maximum absolute atomic E-state index is 13.4. The molecule has 1 aliphatic rings. The third-order valence-electron chi connectivity index (χ3n) is 5.50. The lowest BCUT2D eigenvalue weighted by atomic mass is 9.99. The Morgan fingerprint density at radius 3 is 2.83 bits per heavy atom. The van der Waals surface area contributed by atoms with Gasteiger partial charge in [-0.15, -0.1) is 0 Å². The quantitative estimate of drug-likeness (QED) is 0.562. The van der Waals surface area contributed by atoms with Crippen LogP contribution in [0.25, 0.3) is 5.52 Å². The van der Waals surface area contributed by atoms with Crippen LogP contribution in [0.3, 0.4) is 0 Å². The number of imidazole rings is 1. The third kappa shape index (κ3) is 2.78. The van der Waals surface area contributed by atoms with Crippen molar-refractivity contribution in [1.29, 1.82) is 0 Å². The highest BCUT2D eigenvalue weighted by atomic mass is 19.3. The largest absolute Gasteiger partial charge is 0.348 e. The molecule has 0 radical (unpaired) electrons. The van der Waals surface area contributed by atoms with Crippen LogP contribution in [0.5, 0.6) is 0 Å². The van der Waals surface area contributed by atoms with Gasteiger partial charge < -0.3 is 9.88 Å². The molecule has 8 nitrogen and oxygen atoms in total. The van der Waals surface area contributed by atoms with Crippen molar-refractivity contribution in [2.45, 2.75) is 25.8 Å². The zero-order valence-corrected chi connectivity index (χ0v) is 16.4. The molecule has 0 spiro atoms. The standard InChI is InChI=1S/C20H19F2N7O/c1-11-4-3-5-12-8-14(26-29(11)12)18-17-13(23-10-24-17)6-7-28(18)20(30)16-9-15(19(21)22)25-27(16)2/h3-5,8-10,18-19H,6-7H2,1-2H3,(H,23,24)/t18-/m1/s1. The fourth-order valence-corrected chi connectivity index (χ4v) is 4.04. The normalized spacial score (nSPS) is 16.4. The molecule has 0 fully saturated rings. The molecule has 4 aromatic rings. The number of nitrogens with zero attached hydrogens (tertiary/aromatic N) is 6. The van der Waals surface area contributed by atoms with E-state index in [9.17, 15) is 13.6 Å². The Bertz CT molecular complexity index is 1260. The number of fused-ring (bicyclic) bond motifs is 2. The van der Waals surface area contributed by atoms with Crippen molar-refractivity contribution < 1.29 is 13.6 Å². The van der Waals surface area contributed by atoms with Gasteiger partial charge in [0.15, 0.2) is 0 Å². The van der Waals surface area contributed by atoms with Crippen molar-refractivity contribution in [2.24, 2.45) is 7.05 Å². The molecule has 154 valence electrons. The molecule has 5 rings (SSSR count). The maximum atomic E-state index is 13.4. The van der Waals surface area contributed by atoms with Gasteiger partial charge in [0, 0.05) is 31.4 Å². The summed E-state index contributed by atoms with van der Waals surface area (Å²) in [6.07, 6.45) is -0.552. The number of H-pyrrole nitrogens is 1. The Hall–Kier alpha value is -3.56. The van der Waals surface area contributed by atoms with Crippen LogP contribution in [0.15, 0.2) is 36.7 Å². The average Bonchev–Trinajstić information content (AvgIpc) is 3.44. The zero-order valence-electron chi connectivity index (χ0n) is 16.4. The Labute approximate surface area is 170 Å². The van der Waals surface area contributed by atoms with Gasteiger partial charge in [-0.3, -0.25) is 9.48 Å². The number of rotatable bonds is 3. The fourth-order valence-electron chi connectivity index (χ4n) is 4.04. The highest BCUT2D eigenvalue weighted by Crippen LogP contribution is 2.34. The van der Waals surface area contributed by atoms with E-state index in [1.807, 2.05) is 35.7 Å². The zero-order chi connectivity index (χ0) is 21.0. The van der Waals surface area contributed by atoms with Gasteiger partial charge in [0.05, 0.1) is 23.2 Å². The number of amides is 1. The molecule has 4 aromatic heterocycles. The third-order valence-corrected chi connectivity index (χ3v) is 5.50. The van der Waals surface area contributed by atoms with E-state index in [1.165, 1.54) is 11.7 Å². The molecule has 0 aromatic carbocycles. The van der Waals surface area contributed by atoms with Crippen molar-refractivity contribution in [3.05, 3.63) is 70.8 Å². The number of pyridine rings is 1. The second-order valence-electron chi connectivity index (χ2n) is 7.37. The van der Waals surface area contributed by atoms with Crippen LogP contribution in [0.1, 0.15) is 51.4 Å². The van der Waals surface area contributed by atoms with Gasteiger partial charge in [-0.1, -0.05) is 6.07 Å². The van der Waals surface area contributed by atoms with Crippen LogP contribution in [0, 0.1) is 6.92 Å². The van der Waals surface area contributed by atoms with Gasteiger partial charge in [-0.25, -0.2) is 18.3 Å². The first-order valence-corrected chi connectivity index (χ1v) is 9.54. The van der Waals surface area contributed by atoms with Crippen LogP contribution in [0.2, 0.25) is 0 Å². The average molecular weight is 411 g/mol. The number of hydrogen-bond donors (Lipinski definition) is 1. The summed E-state index contributed by atoms with van der Waals surface area (Å²) in [7, 11) is 1.49. The van der Waals surface area contributed by atoms with Crippen LogP contribution < -0.4 is 0 Å². The molecule has 0 aliphatic carbocycles. The van der Waals surface area contributed by atoms with Crippen LogP contribution in [-0.2, 0) is 13.5 Å². The molecule has 1 amide bonds. The molecule has 10 heteroatoms. The molecule has 0 saturated heterocycles. The molecule has 0 unspecified atom stereocenters.